The molecule has 0 aliphatic heterocycles. The SMILES string of the molecule is C=Cc1ccc2c(c1C)C=C([Si](C)(C)C)C2(C)C. The van der Waals surface area contributed by atoms with E-state index in [-0.39, 0.29) is 5.41 Å². The molecule has 1 heteroatoms. The minimum Gasteiger partial charge on any atom is -0.0985 e. The van der Waals surface area contributed by atoms with Gasteiger partial charge in [0, 0.05) is 5.41 Å². The first-order valence-electron chi connectivity index (χ1n) is 6.68. The molecule has 0 spiro atoms. The summed E-state index contributed by atoms with van der Waals surface area (Å²) >= 11 is 0. The number of hydrogen-bond donors (Lipinski definition) is 0. The second-order valence-corrected chi connectivity index (χ2v) is 11.9. The molecule has 0 nitrogen and oxygen atoms in total. The Bertz CT molecular complexity index is 539. The average Bonchev–Trinajstić information content (AvgIpc) is 2.52. The van der Waals surface area contributed by atoms with E-state index in [9.17, 15) is 0 Å². The van der Waals surface area contributed by atoms with Crippen LogP contribution in [0.4, 0.5) is 0 Å². The van der Waals surface area contributed by atoms with Gasteiger partial charge in [-0.25, -0.2) is 0 Å². The van der Waals surface area contributed by atoms with Crippen molar-refractivity contribution in [1.29, 1.82) is 0 Å². The minimum atomic E-state index is -1.27. The molecule has 0 atom stereocenters. The van der Waals surface area contributed by atoms with E-state index in [2.05, 4.69) is 65.2 Å². The van der Waals surface area contributed by atoms with E-state index < -0.39 is 8.07 Å². The smallest absolute Gasteiger partial charge is 0.0736 e. The van der Waals surface area contributed by atoms with Crippen LogP contribution in [0.25, 0.3) is 12.2 Å². The van der Waals surface area contributed by atoms with Crippen LogP contribution < -0.4 is 0 Å². The molecule has 0 radical (unpaired) electrons. The lowest BCUT2D eigenvalue weighted by molar-refractivity contribution is 0.662. The Morgan fingerprint density at radius 2 is 1.78 bits per heavy atom. The molecule has 0 heterocycles. The van der Waals surface area contributed by atoms with Crippen LogP contribution in [-0.4, -0.2) is 8.07 Å². The fraction of sp³-hybridized carbons (Fsp3) is 0.412. The van der Waals surface area contributed by atoms with Gasteiger partial charge in [0.2, 0.25) is 0 Å². The third-order valence-electron chi connectivity index (χ3n) is 4.22. The van der Waals surface area contributed by atoms with Crippen LogP contribution in [0.3, 0.4) is 0 Å². The topological polar surface area (TPSA) is 0 Å². The summed E-state index contributed by atoms with van der Waals surface area (Å²) in [5.41, 5.74) is 5.77. The largest absolute Gasteiger partial charge is 0.0985 e. The normalized spacial score (nSPS) is 17.3. The molecule has 0 unspecified atom stereocenters. The summed E-state index contributed by atoms with van der Waals surface area (Å²) in [6.07, 6.45) is 4.42. The predicted molar refractivity (Wildman–Crippen MR) is 85.6 cm³/mol. The van der Waals surface area contributed by atoms with Crippen molar-refractivity contribution in [2.45, 2.75) is 45.8 Å². The highest BCUT2D eigenvalue weighted by Gasteiger charge is 2.39. The molecule has 1 aromatic carbocycles. The van der Waals surface area contributed by atoms with Gasteiger partial charge >= 0.3 is 0 Å². The lowest BCUT2D eigenvalue weighted by Gasteiger charge is -2.32. The molecule has 1 aliphatic carbocycles. The van der Waals surface area contributed by atoms with Gasteiger partial charge in [0.1, 0.15) is 0 Å². The van der Waals surface area contributed by atoms with Crippen LogP contribution >= 0.6 is 0 Å². The van der Waals surface area contributed by atoms with Crippen molar-refractivity contribution in [2.75, 3.05) is 0 Å². The average molecular weight is 256 g/mol. The molecule has 2 rings (SSSR count). The lowest BCUT2D eigenvalue weighted by atomic mass is 9.85. The van der Waals surface area contributed by atoms with Gasteiger partial charge < -0.3 is 0 Å². The first kappa shape index (κ1) is 13.4. The van der Waals surface area contributed by atoms with Crippen molar-refractivity contribution in [3.05, 3.63) is 46.2 Å². The summed E-state index contributed by atoms with van der Waals surface area (Å²) in [6.45, 7) is 18.2. The molecule has 1 aromatic rings. The van der Waals surface area contributed by atoms with E-state index in [0.29, 0.717) is 0 Å². The van der Waals surface area contributed by atoms with Gasteiger partial charge in [-0.1, -0.05) is 69.5 Å². The van der Waals surface area contributed by atoms with Crippen molar-refractivity contribution >= 4 is 20.2 Å². The summed E-state index contributed by atoms with van der Waals surface area (Å²) in [5.74, 6) is 0. The summed E-state index contributed by atoms with van der Waals surface area (Å²) in [5, 5.41) is 1.66. The molecule has 0 amide bonds. The second kappa shape index (κ2) is 3.96. The highest BCUT2D eigenvalue weighted by Crippen LogP contribution is 2.46. The Labute approximate surface area is 112 Å². The van der Waals surface area contributed by atoms with Gasteiger partial charge in [-0.15, -0.1) is 0 Å². The quantitative estimate of drug-likeness (QED) is 0.639. The Hall–Kier alpha value is -1.08. The van der Waals surface area contributed by atoms with E-state index in [1.54, 1.807) is 5.20 Å². The van der Waals surface area contributed by atoms with Crippen molar-refractivity contribution in [2.24, 2.45) is 0 Å². The number of rotatable bonds is 2. The molecule has 18 heavy (non-hydrogen) atoms. The number of fused-ring (bicyclic) bond motifs is 1. The summed E-state index contributed by atoms with van der Waals surface area (Å²) in [7, 11) is -1.27. The van der Waals surface area contributed by atoms with Gasteiger partial charge in [-0.2, -0.15) is 0 Å². The maximum absolute atomic E-state index is 3.91. The van der Waals surface area contributed by atoms with E-state index in [0.717, 1.165) is 0 Å². The minimum absolute atomic E-state index is 0.199. The van der Waals surface area contributed by atoms with Crippen molar-refractivity contribution < 1.29 is 0 Å². The number of benzene rings is 1. The van der Waals surface area contributed by atoms with Crippen LogP contribution in [0, 0.1) is 6.92 Å². The second-order valence-electron chi connectivity index (χ2n) is 6.88. The van der Waals surface area contributed by atoms with Crippen LogP contribution in [0.5, 0.6) is 0 Å². The third-order valence-corrected chi connectivity index (χ3v) is 6.61. The zero-order valence-electron chi connectivity index (χ0n) is 12.5. The Morgan fingerprint density at radius 3 is 2.28 bits per heavy atom. The van der Waals surface area contributed by atoms with Gasteiger partial charge in [0.25, 0.3) is 0 Å². The third kappa shape index (κ3) is 1.81. The highest BCUT2D eigenvalue weighted by molar-refractivity contribution is 6.84. The highest BCUT2D eigenvalue weighted by atomic mass is 28.3. The molecule has 1 aliphatic rings. The maximum atomic E-state index is 3.91. The zero-order valence-corrected chi connectivity index (χ0v) is 13.5. The Balaban J connectivity index is 2.71. The fourth-order valence-electron chi connectivity index (χ4n) is 3.32. The van der Waals surface area contributed by atoms with Gasteiger partial charge in [0.15, 0.2) is 0 Å². The molecule has 0 saturated heterocycles. The molecule has 0 N–H and O–H groups in total. The molecule has 0 aromatic heterocycles. The predicted octanol–water partition coefficient (Wildman–Crippen LogP) is 5.19. The summed E-state index contributed by atoms with van der Waals surface area (Å²) < 4.78 is 0. The number of hydrogen-bond acceptors (Lipinski definition) is 0. The Kier molecular flexibility index (Phi) is 2.94. The standard InChI is InChI=1S/C17H24Si/c1-8-13-9-10-15-14(12(13)2)11-16(17(15,3)4)18(5,6)7/h8-11H,1H2,2-7H3. The summed E-state index contributed by atoms with van der Waals surface area (Å²) in [6, 6.07) is 4.51. The monoisotopic (exact) mass is 256 g/mol. The number of allylic oxidation sites excluding steroid dienone is 1. The van der Waals surface area contributed by atoms with E-state index in [1.165, 1.54) is 22.3 Å². The van der Waals surface area contributed by atoms with Gasteiger partial charge in [0.05, 0.1) is 8.07 Å². The van der Waals surface area contributed by atoms with E-state index in [4.69, 9.17) is 0 Å². The Morgan fingerprint density at radius 1 is 1.17 bits per heavy atom. The molecule has 0 bridgehead atoms. The van der Waals surface area contributed by atoms with Crippen LogP contribution in [0.15, 0.2) is 23.9 Å². The molecular formula is C17H24Si. The van der Waals surface area contributed by atoms with Crippen molar-refractivity contribution in [3.8, 4) is 0 Å². The zero-order chi connectivity index (χ0) is 13.7. The lowest BCUT2D eigenvalue weighted by Crippen LogP contribution is -2.34. The van der Waals surface area contributed by atoms with Crippen LogP contribution in [0.2, 0.25) is 19.6 Å². The van der Waals surface area contributed by atoms with Gasteiger partial charge in [-0.3, -0.25) is 0 Å². The molecular weight excluding hydrogens is 232 g/mol. The maximum Gasteiger partial charge on any atom is 0.0736 e. The van der Waals surface area contributed by atoms with Crippen LogP contribution in [-0.2, 0) is 5.41 Å². The van der Waals surface area contributed by atoms with E-state index in [1.807, 2.05) is 6.08 Å². The first-order chi connectivity index (χ1) is 8.19. The van der Waals surface area contributed by atoms with Crippen molar-refractivity contribution in [3.63, 3.8) is 0 Å². The van der Waals surface area contributed by atoms with E-state index >= 15 is 0 Å². The van der Waals surface area contributed by atoms with Crippen LogP contribution in [0.1, 0.15) is 36.1 Å². The molecule has 96 valence electrons. The fourth-order valence-corrected chi connectivity index (χ4v) is 5.91. The first-order valence-corrected chi connectivity index (χ1v) is 10.2. The van der Waals surface area contributed by atoms with Gasteiger partial charge in [-0.05, 0) is 29.2 Å². The molecule has 0 saturated carbocycles. The summed E-state index contributed by atoms with van der Waals surface area (Å²) in [4.78, 5) is 0. The molecule has 0 fully saturated rings. The van der Waals surface area contributed by atoms with Crippen molar-refractivity contribution in [1.82, 2.24) is 0 Å².